The van der Waals surface area contributed by atoms with Crippen LogP contribution in [0.25, 0.3) is 22.3 Å². The largest absolute Gasteiger partial charge is 0.433 e. The van der Waals surface area contributed by atoms with Gasteiger partial charge in [-0.15, -0.1) is 0 Å². The normalized spacial score (nSPS) is 18.9. The lowest BCUT2D eigenvalue weighted by atomic mass is 9.88. The summed E-state index contributed by atoms with van der Waals surface area (Å²) in [5.41, 5.74) is 4.75. The summed E-state index contributed by atoms with van der Waals surface area (Å²) < 4.78 is 45.1. The monoisotopic (exact) mass is 465 g/mol. The average molecular weight is 465 g/mol. The fourth-order valence-electron chi connectivity index (χ4n) is 4.31. The molecule has 2 atom stereocenters. The molecule has 0 bridgehead atoms. The Morgan fingerprint density at radius 2 is 1.79 bits per heavy atom. The molecule has 1 aliphatic heterocycles. The maximum absolute atomic E-state index is 13.0. The van der Waals surface area contributed by atoms with Gasteiger partial charge in [-0.05, 0) is 62.6 Å². The number of rotatable bonds is 3. The van der Waals surface area contributed by atoms with E-state index in [1.54, 1.807) is 12.4 Å². The molecule has 4 aromatic rings. The first-order valence-corrected chi connectivity index (χ1v) is 11.0. The lowest BCUT2D eigenvalue weighted by Crippen LogP contribution is -2.20. The van der Waals surface area contributed by atoms with Gasteiger partial charge in [0, 0.05) is 48.1 Å². The highest BCUT2D eigenvalue weighted by Gasteiger charge is 2.32. The average Bonchev–Trinajstić information content (AvgIpc) is 2.83. The van der Waals surface area contributed by atoms with E-state index >= 15 is 0 Å². The molecule has 0 radical (unpaired) electrons. The molecule has 1 saturated heterocycles. The van der Waals surface area contributed by atoms with E-state index in [1.165, 1.54) is 12.3 Å². The zero-order valence-corrected chi connectivity index (χ0v) is 18.7. The second kappa shape index (κ2) is 8.72. The number of aryl methyl sites for hydroxylation is 2. The van der Waals surface area contributed by atoms with Gasteiger partial charge in [-0.1, -0.05) is 0 Å². The van der Waals surface area contributed by atoms with Crippen LogP contribution >= 0.6 is 0 Å². The molecule has 174 valence electrons. The van der Waals surface area contributed by atoms with Gasteiger partial charge in [-0.2, -0.15) is 13.2 Å². The third-order valence-corrected chi connectivity index (χ3v) is 5.99. The van der Waals surface area contributed by atoms with Crippen molar-refractivity contribution in [2.24, 2.45) is 0 Å². The van der Waals surface area contributed by atoms with Crippen LogP contribution in [0.4, 0.5) is 13.2 Å². The molecule has 0 spiro atoms. The van der Waals surface area contributed by atoms with E-state index in [-0.39, 0.29) is 12.0 Å². The first-order valence-electron chi connectivity index (χ1n) is 11.0. The highest BCUT2D eigenvalue weighted by Crippen LogP contribution is 2.39. The molecule has 6 nitrogen and oxygen atoms in total. The number of pyridine rings is 3. The van der Waals surface area contributed by atoms with Gasteiger partial charge in [-0.3, -0.25) is 19.9 Å². The predicted octanol–water partition coefficient (Wildman–Crippen LogP) is 5.75. The number of hydrogen-bond donors (Lipinski definition) is 0. The van der Waals surface area contributed by atoms with Crippen molar-refractivity contribution in [2.45, 2.75) is 44.9 Å². The van der Waals surface area contributed by atoms with Crippen molar-refractivity contribution in [3.8, 4) is 11.3 Å². The zero-order valence-electron chi connectivity index (χ0n) is 18.7. The quantitative estimate of drug-likeness (QED) is 0.383. The first kappa shape index (κ1) is 22.3. The van der Waals surface area contributed by atoms with Gasteiger partial charge < -0.3 is 4.74 Å². The Morgan fingerprint density at radius 1 is 0.941 bits per heavy atom. The number of ether oxygens (including phenoxy) is 1. The Kier molecular flexibility index (Phi) is 5.73. The van der Waals surface area contributed by atoms with Crippen LogP contribution in [0.2, 0.25) is 0 Å². The highest BCUT2D eigenvalue weighted by atomic mass is 19.4. The number of aromatic nitrogens is 5. The second-order valence-electron chi connectivity index (χ2n) is 8.52. The summed E-state index contributed by atoms with van der Waals surface area (Å²) in [6, 6.07) is 8.26. The molecule has 0 amide bonds. The van der Waals surface area contributed by atoms with Crippen LogP contribution in [-0.4, -0.2) is 31.5 Å². The second-order valence-corrected chi connectivity index (χ2v) is 8.52. The number of fused-ring (bicyclic) bond motifs is 1. The van der Waals surface area contributed by atoms with Crippen molar-refractivity contribution < 1.29 is 17.9 Å². The standard InChI is InChI=1S/C25H22F3N5O/c1-14-9-17(5-7-29-14)21-10-16(6-8-34-21)19-11-20-24(31-12-15(2)32-20)23(33-19)18-3-4-22(30-13-18)25(26,27)28/h3-5,7,9,11-13,16,21H,6,8,10H2,1-2H3. The van der Waals surface area contributed by atoms with E-state index in [9.17, 15) is 13.2 Å². The molecule has 0 saturated carbocycles. The Hall–Kier alpha value is -3.46. The molecule has 9 heteroatoms. The Bertz CT molecular complexity index is 1340. The Morgan fingerprint density at radius 3 is 2.53 bits per heavy atom. The third-order valence-electron chi connectivity index (χ3n) is 5.99. The molecule has 1 aliphatic rings. The van der Waals surface area contributed by atoms with Crippen molar-refractivity contribution >= 4 is 11.0 Å². The molecule has 34 heavy (non-hydrogen) atoms. The van der Waals surface area contributed by atoms with Crippen LogP contribution in [-0.2, 0) is 10.9 Å². The van der Waals surface area contributed by atoms with Gasteiger partial charge in [0.25, 0.3) is 0 Å². The minimum Gasteiger partial charge on any atom is -0.373 e. The number of alkyl halides is 3. The molecule has 5 heterocycles. The molecule has 1 fully saturated rings. The van der Waals surface area contributed by atoms with Crippen molar-refractivity contribution in [1.82, 2.24) is 24.9 Å². The minimum atomic E-state index is -4.50. The van der Waals surface area contributed by atoms with Crippen LogP contribution in [0.5, 0.6) is 0 Å². The molecular formula is C25H22F3N5O. The van der Waals surface area contributed by atoms with Crippen molar-refractivity contribution in [3.05, 3.63) is 77.3 Å². The molecule has 0 aromatic carbocycles. The van der Waals surface area contributed by atoms with Crippen LogP contribution in [0, 0.1) is 13.8 Å². The van der Waals surface area contributed by atoms with Gasteiger partial charge in [0.1, 0.15) is 11.2 Å². The lowest BCUT2D eigenvalue weighted by molar-refractivity contribution is -0.141. The fourth-order valence-corrected chi connectivity index (χ4v) is 4.31. The smallest absolute Gasteiger partial charge is 0.373 e. The minimum absolute atomic E-state index is 0.0854. The van der Waals surface area contributed by atoms with Crippen molar-refractivity contribution in [2.75, 3.05) is 6.61 Å². The Balaban J connectivity index is 1.55. The summed E-state index contributed by atoms with van der Waals surface area (Å²) in [7, 11) is 0. The summed E-state index contributed by atoms with van der Waals surface area (Å²) in [5.74, 6) is 0.0973. The molecule has 4 aromatic heterocycles. The van der Waals surface area contributed by atoms with E-state index in [4.69, 9.17) is 9.72 Å². The summed E-state index contributed by atoms with van der Waals surface area (Å²) in [6.07, 6.45) is 1.52. The van der Waals surface area contributed by atoms with E-state index in [0.717, 1.165) is 41.6 Å². The SMILES string of the molecule is Cc1cc(C2CC(c3cc4nc(C)cnc4c(-c4ccc(C(F)(F)F)nc4)n3)CCO2)ccn1. The molecular weight excluding hydrogens is 443 g/mol. The maximum Gasteiger partial charge on any atom is 0.433 e. The highest BCUT2D eigenvalue weighted by molar-refractivity contribution is 5.89. The molecule has 2 unspecified atom stereocenters. The summed E-state index contributed by atoms with van der Waals surface area (Å²) in [6.45, 7) is 4.37. The topological polar surface area (TPSA) is 73.7 Å². The van der Waals surface area contributed by atoms with E-state index in [1.807, 2.05) is 32.0 Å². The maximum atomic E-state index is 13.0. The molecule has 0 N–H and O–H groups in total. The van der Waals surface area contributed by atoms with Crippen LogP contribution < -0.4 is 0 Å². The number of hydrogen-bond acceptors (Lipinski definition) is 6. The van der Waals surface area contributed by atoms with Crippen LogP contribution in [0.15, 0.2) is 48.9 Å². The van der Waals surface area contributed by atoms with Gasteiger partial charge >= 0.3 is 6.18 Å². The van der Waals surface area contributed by atoms with Gasteiger partial charge in [-0.25, -0.2) is 4.98 Å². The van der Waals surface area contributed by atoms with Gasteiger partial charge in [0.15, 0.2) is 0 Å². The van der Waals surface area contributed by atoms with E-state index in [0.29, 0.717) is 28.9 Å². The first-order chi connectivity index (χ1) is 16.3. The summed E-state index contributed by atoms with van der Waals surface area (Å²) in [5, 5.41) is 0. The van der Waals surface area contributed by atoms with E-state index in [2.05, 4.69) is 19.9 Å². The predicted molar refractivity (Wildman–Crippen MR) is 120 cm³/mol. The number of halogens is 3. The Labute approximate surface area is 194 Å². The lowest BCUT2D eigenvalue weighted by Gasteiger charge is -2.30. The van der Waals surface area contributed by atoms with Crippen molar-refractivity contribution in [1.29, 1.82) is 0 Å². The fraction of sp³-hybridized carbons (Fsp3) is 0.320. The number of nitrogens with zero attached hydrogens (tertiary/aromatic N) is 5. The zero-order chi connectivity index (χ0) is 23.9. The van der Waals surface area contributed by atoms with Crippen LogP contribution in [0.1, 0.15) is 53.2 Å². The van der Waals surface area contributed by atoms with Crippen molar-refractivity contribution in [3.63, 3.8) is 0 Å². The van der Waals surface area contributed by atoms with Gasteiger partial charge in [0.05, 0.1) is 23.0 Å². The molecule has 0 aliphatic carbocycles. The van der Waals surface area contributed by atoms with Gasteiger partial charge in [0.2, 0.25) is 0 Å². The van der Waals surface area contributed by atoms with Crippen LogP contribution in [0.3, 0.4) is 0 Å². The third kappa shape index (κ3) is 4.48. The summed E-state index contributed by atoms with van der Waals surface area (Å²) in [4.78, 5) is 21.8. The molecule has 5 rings (SSSR count). The van der Waals surface area contributed by atoms with E-state index < -0.39 is 11.9 Å². The summed E-state index contributed by atoms with van der Waals surface area (Å²) >= 11 is 0.